The largest absolute Gasteiger partial charge is 0.392 e. The number of ether oxygens (including phenoxy) is 2. The summed E-state index contributed by atoms with van der Waals surface area (Å²) in [5, 5.41) is 12.1. The van der Waals surface area contributed by atoms with E-state index in [1.165, 1.54) is 23.6 Å². The van der Waals surface area contributed by atoms with Crippen LogP contribution in [0.4, 0.5) is 0 Å². The van der Waals surface area contributed by atoms with Gasteiger partial charge in [0, 0.05) is 6.61 Å². The van der Waals surface area contributed by atoms with E-state index >= 15 is 0 Å². The van der Waals surface area contributed by atoms with Gasteiger partial charge in [-0.3, -0.25) is 0 Å². The molecule has 1 aliphatic heterocycles. The Bertz CT molecular complexity index is 825. The average Bonchev–Trinajstić information content (AvgIpc) is 2.84. The van der Waals surface area contributed by atoms with Crippen molar-refractivity contribution in [3.63, 3.8) is 0 Å². The smallest absolute Gasteiger partial charge is 0.158 e. The maximum Gasteiger partial charge on any atom is 0.158 e. The molecule has 2 aromatic rings. The predicted octanol–water partition coefficient (Wildman–Crippen LogP) is 6.42. The predicted molar refractivity (Wildman–Crippen MR) is 161 cm³/mol. The van der Waals surface area contributed by atoms with Gasteiger partial charge in [0.1, 0.15) is 0 Å². The van der Waals surface area contributed by atoms with Gasteiger partial charge in [0.15, 0.2) is 6.29 Å². The van der Waals surface area contributed by atoms with E-state index in [1.807, 2.05) is 0 Å². The SMILES string of the molecule is CC(C)[SiH](c1ccc(CO)cc1)C(C)C.CC(C)[SiH](c1ccc(COC2CCCCO2)cc1)C(C)C. The van der Waals surface area contributed by atoms with E-state index in [1.54, 1.807) is 5.19 Å². The molecule has 3 rings (SSSR count). The van der Waals surface area contributed by atoms with E-state index in [-0.39, 0.29) is 12.9 Å². The molecule has 0 radical (unpaired) electrons. The zero-order valence-corrected chi connectivity index (χ0v) is 26.5. The highest BCUT2D eigenvalue weighted by Gasteiger charge is 2.22. The summed E-state index contributed by atoms with van der Waals surface area (Å²) in [6, 6.07) is 17.7. The third kappa shape index (κ3) is 9.90. The Morgan fingerprint density at radius 1 is 0.722 bits per heavy atom. The molecule has 1 N–H and O–H groups in total. The summed E-state index contributed by atoms with van der Waals surface area (Å²) >= 11 is 0. The zero-order chi connectivity index (χ0) is 26.7. The standard InChI is InChI=1S/C18H30O2Si.C13H22OSi/c1-14(2)21(15(3)4)17-10-8-16(9-11-17)13-20-18-7-5-6-12-19-18;1-10(2)15(11(3)4)13-7-5-12(9-14)6-8-13/h8-11,14-15,18,21H,5-7,12-13H2,1-4H3;5-8,10-11,14-15H,9H2,1-4H3. The molecule has 2 aromatic carbocycles. The molecule has 1 aliphatic rings. The monoisotopic (exact) mass is 528 g/mol. The first-order valence-corrected chi connectivity index (χ1v) is 18.0. The molecule has 3 nitrogen and oxygen atoms in total. The van der Waals surface area contributed by atoms with Gasteiger partial charge in [-0.1, -0.05) is 114 Å². The van der Waals surface area contributed by atoms with E-state index in [9.17, 15) is 0 Å². The van der Waals surface area contributed by atoms with Crippen molar-refractivity contribution in [1.82, 2.24) is 0 Å². The lowest BCUT2D eigenvalue weighted by Crippen LogP contribution is -2.35. The van der Waals surface area contributed by atoms with Crippen molar-refractivity contribution in [1.29, 1.82) is 0 Å². The number of hydrogen-bond donors (Lipinski definition) is 1. The van der Waals surface area contributed by atoms with Gasteiger partial charge in [0.05, 0.1) is 30.8 Å². The zero-order valence-electron chi connectivity index (χ0n) is 24.2. The van der Waals surface area contributed by atoms with Crippen LogP contribution in [-0.2, 0) is 22.7 Å². The minimum absolute atomic E-state index is 0.00637. The van der Waals surface area contributed by atoms with Gasteiger partial charge in [-0.2, -0.15) is 0 Å². The molecule has 1 saturated heterocycles. The molecule has 0 bridgehead atoms. The molecule has 36 heavy (non-hydrogen) atoms. The van der Waals surface area contributed by atoms with Crippen LogP contribution in [0.15, 0.2) is 48.5 Å². The fourth-order valence-electron chi connectivity index (χ4n) is 5.79. The number of rotatable bonds is 10. The summed E-state index contributed by atoms with van der Waals surface area (Å²) < 4.78 is 11.5. The molecule has 1 unspecified atom stereocenters. The summed E-state index contributed by atoms with van der Waals surface area (Å²) in [6.45, 7) is 20.5. The van der Waals surface area contributed by atoms with Gasteiger partial charge in [0.25, 0.3) is 0 Å². The lowest BCUT2D eigenvalue weighted by Gasteiger charge is -2.24. The van der Waals surface area contributed by atoms with E-state index in [4.69, 9.17) is 14.6 Å². The van der Waals surface area contributed by atoms with E-state index in [2.05, 4.69) is 104 Å². The Kier molecular flexibility index (Phi) is 13.7. The van der Waals surface area contributed by atoms with Gasteiger partial charge in [-0.25, -0.2) is 0 Å². The Morgan fingerprint density at radius 2 is 1.17 bits per heavy atom. The maximum atomic E-state index is 9.00. The fraction of sp³-hybridized carbons (Fsp3) is 0.613. The minimum atomic E-state index is -0.873. The Balaban J connectivity index is 0.000000269. The van der Waals surface area contributed by atoms with Crippen molar-refractivity contribution < 1.29 is 14.6 Å². The highest BCUT2D eigenvalue weighted by molar-refractivity contribution is 6.76. The summed E-state index contributed by atoms with van der Waals surface area (Å²) in [5.41, 5.74) is 5.48. The molecule has 0 saturated carbocycles. The number of hydrogen-bond acceptors (Lipinski definition) is 3. The molecular formula is C31H52O3Si2. The molecule has 0 aliphatic carbocycles. The van der Waals surface area contributed by atoms with Gasteiger partial charge < -0.3 is 14.6 Å². The van der Waals surface area contributed by atoms with Gasteiger partial charge in [0.2, 0.25) is 0 Å². The molecule has 0 amide bonds. The summed E-state index contributed by atoms with van der Waals surface area (Å²) in [6.07, 6.45) is 3.44. The quantitative estimate of drug-likeness (QED) is 0.362. The van der Waals surface area contributed by atoms with Gasteiger partial charge in [-0.05, 0) is 52.6 Å². The molecular weight excluding hydrogens is 477 g/mol. The molecule has 1 fully saturated rings. The van der Waals surface area contributed by atoms with Crippen molar-refractivity contribution in [2.75, 3.05) is 6.61 Å². The first-order valence-electron chi connectivity index (χ1n) is 14.2. The molecule has 5 heteroatoms. The van der Waals surface area contributed by atoms with Crippen LogP contribution in [0.2, 0.25) is 22.2 Å². The second-order valence-electron chi connectivity index (χ2n) is 11.8. The van der Waals surface area contributed by atoms with Crippen LogP contribution in [0, 0.1) is 0 Å². The van der Waals surface area contributed by atoms with Crippen molar-refractivity contribution in [2.45, 2.75) is 116 Å². The van der Waals surface area contributed by atoms with Crippen molar-refractivity contribution in [3.8, 4) is 0 Å². The highest BCUT2D eigenvalue weighted by Crippen LogP contribution is 2.21. The van der Waals surface area contributed by atoms with Crippen LogP contribution in [-0.4, -0.2) is 35.6 Å². The second-order valence-corrected chi connectivity index (χ2v) is 20.5. The summed E-state index contributed by atoms with van der Waals surface area (Å²) in [4.78, 5) is 0. The van der Waals surface area contributed by atoms with Crippen LogP contribution in [0.3, 0.4) is 0 Å². The Morgan fingerprint density at radius 3 is 1.53 bits per heavy atom. The normalized spacial score (nSPS) is 16.4. The average molecular weight is 529 g/mol. The van der Waals surface area contributed by atoms with Crippen LogP contribution >= 0.6 is 0 Å². The van der Waals surface area contributed by atoms with Crippen molar-refractivity contribution in [2.24, 2.45) is 0 Å². The third-order valence-electron chi connectivity index (χ3n) is 7.36. The van der Waals surface area contributed by atoms with Gasteiger partial charge in [-0.15, -0.1) is 0 Å². The van der Waals surface area contributed by atoms with Crippen LogP contribution in [0.5, 0.6) is 0 Å². The first kappa shape index (κ1) is 31.0. The van der Waals surface area contributed by atoms with Gasteiger partial charge >= 0.3 is 0 Å². The van der Waals surface area contributed by atoms with E-state index in [0.29, 0.717) is 6.61 Å². The van der Waals surface area contributed by atoms with Crippen LogP contribution in [0.25, 0.3) is 0 Å². The third-order valence-corrected chi connectivity index (χ3v) is 15.4. The van der Waals surface area contributed by atoms with Crippen LogP contribution in [0.1, 0.15) is 85.8 Å². The Hall–Kier alpha value is -1.25. The number of aliphatic hydroxyl groups excluding tert-OH is 1. The number of aliphatic hydroxyl groups is 1. The lowest BCUT2D eigenvalue weighted by atomic mass is 10.2. The molecule has 1 heterocycles. The van der Waals surface area contributed by atoms with E-state index in [0.717, 1.165) is 40.8 Å². The molecule has 202 valence electrons. The van der Waals surface area contributed by atoms with Crippen molar-refractivity contribution in [3.05, 3.63) is 59.7 Å². The second kappa shape index (κ2) is 15.9. The van der Waals surface area contributed by atoms with Crippen molar-refractivity contribution >= 4 is 28.0 Å². The minimum Gasteiger partial charge on any atom is -0.392 e. The first-order chi connectivity index (χ1) is 17.1. The number of benzene rings is 2. The Labute approximate surface area is 224 Å². The molecule has 0 spiro atoms. The topological polar surface area (TPSA) is 38.7 Å². The molecule has 0 aromatic heterocycles. The summed E-state index contributed by atoms with van der Waals surface area (Å²) in [5.74, 6) is 0. The highest BCUT2D eigenvalue weighted by atomic mass is 28.3. The fourth-order valence-corrected chi connectivity index (χ4v) is 13.2. The lowest BCUT2D eigenvalue weighted by molar-refractivity contribution is -0.168. The maximum absolute atomic E-state index is 9.00. The van der Waals surface area contributed by atoms with E-state index < -0.39 is 17.6 Å². The summed E-state index contributed by atoms with van der Waals surface area (Å²) in [7, 11) is -1.72. The molecule has 1 atom stereocenters. The van der Waals surface area contributed by atoms with Crippen LogP contribution < -0.4 is 10.4 Å².